The van der Waals surface area contributed by atoms with Gasteiger partial charge in [-0.1, -0.05) is 19.1 Å². The maximum Gasteiger partial charge on any atom is 0.573 e. The maximum absolute atomic E-state index is 12.1. The highest BCUT2D eigenvalue weighted by Crippen LogP contribution is 2.26. The molecule has 2 N–H and O–H groups in total. The molecule has 0 radical (unpaired) electrons. The van der Waals surface area contributed by atoms with Gasteiger partial charge in [-0.15, -0.1) is 13.2 Å². The summed E-state index contributed by atoms with van der Waals surface area (Å²) in [6.07, 6.45) is -3.32. The van der Waals surface area contributed by atoms with E-state index >= 15 is 0 Å². The van der Waals surface area contributed by atoms with Crippen molar-refractivity contribution in [2.24, 2.45) is 0 Å². The molecule has 1 aromatic carbocycles. The molecule has 1 aromatic rings. The van der Waals surface area contributed by atoms with Crippen LogP contribution in [0.15, 0.2) is 24.3 Å². The number of halogens is 3. The summed E-state index contributed by atoms with van der Waals surface area (Å²) in [6.45, 7) is 2.50. The number of carbonyl (C=O) groups is 2. The highest BCUT2D eigenvalue weighted by Gasteiger charge is 2.34. The fourth-order valence-corrected chi connectivity index (χ4v) is 2.95. The third-order valence-electron chi connectivity index (χ3n) is 4.26. The number of benzene rings is 1. The Kier molecular flexibility index (Phi) is 6.47. The fraction of sp³-hybridized carbons (Fsp3) is 0.529. The molecule has 26 heavy (non-hydrogen) atoms. The van der Waals surface area contributed by atoms with Crippen LogP contribution < -0.4 is 10.1 Å². The number of carbonyl (C=O) groups excluding carboxylic acids is 1. The van der Waals surface area contributed by atoms with Gasteiger partial charge in [-0.25, -0.2) is 0 Å². The van der Waals surface area contributed by atoms with Crippen molar-refractivity contribution >= 4 is 11.9 Å². The van der Waals surface area contributed by atoms with Crippen molar-refractivity contribution in [1.82, 2.24) is 10.2 Å². The summed E-state index contributed by atoms with van der Waals surface area (Å²) in [5, 5.41) is 11.7. The van der Waals surface area contributed by atoms with E-state index in [0.29, 0.717) is 24.9 Å². The first-order chi connectivity index (χ1) is 12.2. The normalized spacial score (nSPS) is 19.7. The van der Waals surface area contributed by atoms with Crippen molar-refractivity contribution in [2.75, 3.05) is 13.1 Å². The number of carboxylic acid groups (broad SMARTS) is 1. The number of aliphatic carboxylic acids is 1. The Labute approximate surface area is 148 Å². The molecule has 2 rings (SSSR count). The number of nitrogens with one attached hydrogen (secondary N) is 1. The first kappa shape index (κ1) is 20.0. The van der Waals surface area contributed by atoms with Crippen molar-refractivity contribution in [3.63, 3.8) is 0 Å². The van der Waals surface area contributed by atoms with Crippen LogP contribution >= 0.6 is 0 Å². The van der Waals surface area contributed by atoms with E-state index in [4.69, 9.17) is 5.11 Å². The number of alkyl halides is 3. The third kappa shape index (κ3) is 6.21. The number of rotatable bonds is 8. The molecule has 0 aliphatic heterocycles. The van der Waals surface area contributed by atoms with Crippen molar-refractivity contribution in [1.29, 1.82) is 0 Å². The fourth-order valence-electron chi connectivity index (χ4n) is 2.95. The minimum Gasteiger partial charge on any atom is -0.480 e. The topological polar surface area (TPSA) is 78.9 Å². The zero-order valence-corrected chi connectivity index (χ0v) is 14.3. The number of amides is 1. The maximum atomic E-state index is 12.1. The highest BCUT2D eigenvalue weighted by molar-refractivity contribution is 5.79. The molecule has 0 unspecified atom stereocenters. The Hall–Kier alpha value is -2.29. The zero-order valence-electron chi connectivity index (χ0n) is 14.3. The second-order valence-electron chi connectivity index (χ2n) is 6.22. The van der Waals surface area contributed by atoms with Crippen LogP contribution in [0.5, 0.6) is 5.75 Å². The minimum atomic E-state index is -4.74. The van der Waals surface area contributed by atoms with Gasteiger partial charge in [-0.3, -0.25) is 14.5 Å². The Balaban J connectivity index is 1.75. The van der Waals surface area contributed by atoms with Gasteiger partial charge >= 0.3 is 12.3 Å². The molecule has 0 atom stereocenters. The molecule has 9 heteroatoms. The van der Waals surface area contributed by atoms with E-state index in [0.717, 1.165) is 0 Å². The number of carboxylic acids is 1. The van der Waals surface area contributed by atoms with Crippen molar-refractivity contribution < 1.29 is 32.6 Å². The molecular weight excluding hydrogens is 353 g/mol. The van der Waals surface area contributed by atoms with Crippen LogP contribution in [0.2, 0.25) is 0 Å². The number of hydrogen-bond acceptors (Lipinski definition) is 4. The van der Waals surface area contributed by atoms with Gasteiger partial charge in [0, 0.05) is 12.1 Å². The summed E-state index contributed by atoms with van der Waals surface area (Å²) in [6, 6.07) is 5.29. The summed E-state index contributed by atoms with van der Waals surface area (Å²) < 4.78 is 40.1. The molecule has 0 saturated heterocycles. The molecule has 1 fully saturated rings. The van der Waals surface area contributed by atoms with E-state index in [1.165, 1.54) is 24.3 Å². The first-order valence-corrected chi connectivity index (χ1v) is 8.26. The summed E-state index contributed by atoms with van der Waals surface area (Å²) >= 11 is 0. The average molecular weight is 374 g/mol. The molecule has 1 aliphatic rings. The lowest BCUT2D eigenvalue weighted by Crippen LogP contribution is -2.55. The standard InChI is InChI=1S/C17H21F3N2O4/c1-2-22(10-16(24)25)13-8-12(9-13)21-15(23)7-11-3-5-14(6-4-11)26-17(18,19)20/h3-6,12-13H,2,7-10H2,1H3,(H,21,23)(H,24,25). The molecular formula is C17H21F3N2O4. The quantitative estimate of drug-likeness (QED) is 0.729. The van der Waals surface area contributed by atoms with E-state index < -0.39 is 12.3 Å². The van der Waals surface area contributed by atoms with Crippen molar-refractivity contribution in [3.8, 4) is 5.75 Å². The predicted octanol–water partition coefficient (Wildman–Crippen LogP) is 2.18. The van der Waals surface area contributed by atoms with Gasteiger partial charge in [0.15, 0.2) is 0 Å². The van der Waals surface area contributed by atoms with Crippen molar-refractivity contribution in [3.05, 3.63) is 29.8 Å². The molecule has 0 heterocycles. The molecule has 0 spiro atoms. The van der Waals surface area contributed by atoms with Crippen LogP contribution in [0.3, 0.4) is 0 Å². The molecule has 1 saturated carbocycles. The van der Waals surface area contributed by atoms with Gasteiger partial charge in [0.05, 0.1) is 13.0 Å². The summed E-state index contributed by atoms with van der Waals surface area (Å²) in [4.78, 5) is 24.7. The Morgan fingerprint density at radius 3 is 2.38 bits per heavy atom. The second-order valence-corrected chi connectivity index (χ2v) is 6.22. The lowest BCUT2D eigenvalue weighted by atomic mass is 9.85. The monoisotopic (exact) mass is 374 g/mol. The third-order valence-corrected chi connectivity index (χ3v) is 4.26. The number of likely N-dealkylation sites (N-methyl/N-ethyl adjacent to an activating group) is 1. The van der Waals surface area contributed by atoms with Gasteiger partial charge in [0.25, 0.3) is 0 Å². The average Bonchev–Trinajstić information content (AvgIpc) is 2.49. The first-order valence-electron chi connectivity index (χ1n) is 8.26. The molecule has 144 valence electrons. The molecule has 6 nitrogen and oxygen atoms in total. The molecule has 1 amide bonds. The number of hydrogen-bond donors (Lipinski definition) is 2. The van der Waals surface area contributed by atoms with Crippen LogP contribution in [0, 0.1) is 0 Å². The smallest absolute Gasteiger partial charge is 0.480 e. The Morgan fingerprint density at radius 2 is 1.88 bits per heavy atom. The van der Waals surface area contributed by atoms with Crippen molar-refractivity contribution in [2.45, 2.75) is 44.6 Å². The van der Waals surface area contributed by atoms with Gasteiger partial charge in [-0.2, -0.15) is 0 Å². The Bertz CT molecular complexity index is 628. The zero-order chi connectivity index (χ0) is 19.3. The van der Waals surface area contributed by atoms with Crippen LogP contribution in [-0.2, 0) is 16.0 Å². The van der Waals surface area contributed by atoms with Crippen LogP contribution in [0.1, 0.15) is 25.3 Å². The van der Waals surface area contributed by atoms with Crippen LogP contribution in [-0.4, -0.2) is 53.4 Å². The van der Waals surface area contributed by atoms with E-state index in [9.17, 15) is 22.8 Å². The van der Waals surface area contributed by atoms with E-state index in [1.807, 2.05) is 11.8 Å². The van der Waals surface area contributed by atoms with Gasteiger partial charge in [0.1, 0.15) is 5.75 Å². The minimum absolute atomic E-state index is 0.0109. The lowest BCUT2D eigenvalue weighted by Gasteiger charge is -2.42. The largest absolute Gasteiger partial charge is 0.573 e. The lowest BCUT2D eigenvalue weighted by molar-refractivity contribution is -0.274. The SMILES string of the molecule is CCN(CC(=O)O)C1CC(NC(=O)Cc2ccc(OC(F)(F)F)cc2)C1. The predicted molar refractivity (Wildman–Crippen MR) is 86.7 cm³/mol. The van der Waals surface area contributed by atoms with Crippen LogP contribution in [0.4, 0.5) is 13.2 Å². The summed E-state index contributed by atoms with van der Waals surface area (Å²) in [5.74, 6) is -1.43. The van der Waals surface area contributed by atoms with Gasteiger partial charge in [-0.05, 0) is 37.1 Å². The highest BCUT2D eigenvalue weighted by atomic mass is 19.4. The molecule has 0 bridgehead atoms. The second kappa shape index (κ2) is 8.39. The van der Waals surface area contributed by atoms with E-state index in [1.54, 1.807) is 0 Å². The molecule has 0 aromatic heterocycles. The van der Waals surface area contributed by atoms with Gasteiger partial charge in [0.2, 0.25) is 5.91 Å². The van der Waals surface area contributed by atoms with Gasteiger partial charge < -0.3 is 15.2 Å². The molecule has 1 aliphatic carbocycles. The number of ether oxygens (including phenoxy) is 1. The summed E-state index contributed by atoms with van der Waals surface area (Å²) in [5.41, 5.74) is 0.578. The van der Waals surface area contributed by atoms with E-state index in [2.05, 4.69) is 10.1 Å². The van der Waals surface area contributed by atoms with Crippen LogP contribution in [0.25, 0.3) is 0 Å². The van der Waals surface area contributed by atoms with E-state index in [-0.39, 0.29) is 36.7 Å². The summed E-state index contributed by atoms with van der Waals surface area (Å²) in [7, 11) is 0. The number of nitrogens with zero attached hydrogens (tertiary/aromatic N) is 1. The Morgan fingerprint density at radius 1 is 1.27 bits per heavy atom.